The summed E-state index contributed by atoms with van der Waals surface area (Å²) in [6.45, 7) is 19.9. The van der Waals surface area contributed by atoms with E-state index in [1.54, 1.807) is 0 Å². The summed E-state index contributed by atoms with van der Waals surface area (Å²) in [5.41, 5.74) is 13.7. The maximum absolute atomic E-state index is 6.19. The summed E-state index contributed by atoms with van der Waals surface area (Å²) in [7, 11) is 12.4. The number of allylic oxidation sites excluding steroid dienone is 1. The van der Waals surface area contributed by atoms with Crippen molar-refractivity contribution in [3.63, 3.8) is 0 Å². The van der Waals surface area contributed by atoms with Crippen molar-refractivity contribution in [1.82, 2.24) is 0 Å². The van der Waals surface area contributed by atoms with E-state index in [0.717, 1.165) is 29.9 Å². The normalized spacial score (nSPS) is 20.4. The molecule has 2 heterocycles. The molecule has 3 aliphatic rings. The molecule has 0 saturated carbocycles. The third-order valence-corrected chi connectivity index (χ3v) is 15.4. The second kappa shape index (κ2) is 19.2. The summed E-state index contributed by atoms with van der Waals surface area (Å²) in [6.07, 6.45) is 6.60. The van der Waals surface area contributed by atoms with Gasteiger partial charge in [-0.1, -0.05) is 142 Å². The molecule has 0 spiro atoms. The molecule has 0 amide bonds. The van der Waals surface area contributed by atoms with Gasteiger partial charge in [0.1, 0.15) is 0 Å². The first-order chi connectivity index (χ1) is 29.0. The van der Waals surface area contributed by atoms with Gasteiger partial charge in [0, 0.05) is 16.9 Å². The van der Waals surface area contributed by atoms with Gasteiger partial charge in [0.2, 0.25) is 0 Å². The fraction of sp³-hybridized carbons (Fsp3) is 0.255. The fourth-order valence-corrected chi connectivity index (χ4v) is 11.7. The number of para-hydroxylation sites is 2. The molecule has 0 bridgehead atoms. The number of hydrogen-bond acceptors (Lipinski definition) is 2. The van der Waals surface area contributed by atoms with Crippen LogP contribution in [-0.4, -0.2) is 16.2 Å². The number of aryl methyl sites for hydroxylation is 2. The molecule has 2 atom stereocenters. The molecule has 2 unspecified atom stereocenters. The molecule has 312 valence electrons. The third kappa shape index (κ3) is 9.60. The molecule has 6 aromatic rings. The van der Waals surface area contributed by atoms with Crippen molar-refractivity contribution >= 4 is 40.4 Å². The standard InChI is InChI=1S/C23H30N.C17H18N.C15H10.2ClH.Ru/c1-6-18-12-11-13-19(7-2)21(18)24-17-23(5,16-22(24,3)4)20-14-9-8-10-15-20;1-17(15-8-4-2-5-9-15)12-13-18(14-17)16-10-6-3-7-11-16;1-2-6-12(7-3-1)15-11-10-13-8-4-5-9-14(13)15;;;/h8-15,17H,6-7,16H2,1-5H3;2-11,14H,12-13H2,1H3;1-9,11H;2*1H;/q2*-1;;;;+2/p-2. The first kappa shape index (κ1) is 43.8. The van der Waals surface area contributed by atoms with E-state index in [1.165, 1.54) is 62.3 Å². The minimum absolute atomic E-state index is 0.0800. The molecule has 2 aliphatic heterocycles. The number of anilines is 2. The van der Waals surface area contributed by atoms with Gasteiger partial charge >= 0.3 is 120 Å². The maximum atomic E-state index is 6.19. The van der Waals surface area contributed by atoms with E-state index in [2.05, 4.69) is 210 Å². The zero-order valence-corrected chi connectivity index (χ0v) is 39.1. The van der Waals surface area contributed by atoms with E-state index in [4.69, 9.17) is 19.4 Å². The minimum atomic E-state index is -1.88. The Bertz CT molecular complexity index is 2390. The van der Waals surface area contributed by atoms with Crippen LogP contribution in [0.2, 0.25) is 0 Å². The Kier molecular flexibility index (Phi) is 14.0. The summed E-state index contributed by atoms with van der Waals surface area (Å²) < 4.78 is 1.12. The molecule has 2 saturated heterocycles. The third-order valence-electron chi connectivity index (χ3n) is 12.3. The van der Waals surface area contributed by atoms with Crippen molar-refractivity contribution in [2.45, 2.75) is 83.6 Å². The molecular formula is C55H58Cl2N2Ru-2. The van der Waals surface area contributed by atoms with Gasteiger partial charge in [-0.2, -0.15) is 0 Å². The molecule has 9 rings (SSSR count). The van der Waals surface area contributed by atoms with Crippen molar-refractivity contribution in [3.8, 4) is 0 Å². The van der Waals surface area contributed by atoms with Crippen LogP contribution >= 0.6 is 19.4 Å². The van der Waals surface area contributed by atoms with Crippen molar-refractivity contribution in [3.05, 3.63) is 222 Å². The van der Waals surface area contributed by atoms with Crippen LogP contribution in [-0.2, 0) is 37.2 Å². The number of rotatable bonds is 7. The van der Waals surface area contributed by atoms with Crippen LogP contribution in [0.4, 0.5) is 11.4 Å². The Morgan fingerprint density at radius 2 is 1.07 bits per heavy atom. The molecule has 6 aromatic carbocycles. The number of nitrogens with zero attached hydrogens (tertiary/aromatic N) is 2. The fourth-order valence-electron chi connectivity index (χ4n) is 9.23. The Labute approximate surface area is 373 Å². The Balaban J connectivity index is 0.000000138. The van der Waals surface area contributed by atoms with Crippen molar-refractivity contribution in [2.24, 2.45) is 0 Å². The topological polar surface area (TPSA) is 6.48 Å². The van der Waals surface area contributed by atoms with Crippen LogP contribution in [0.15, 0.2) is 170 Å². The van der Waals surface area contributed by atoms with E-state index >= 15 is 0 Å². The molecule has 2 fully saturated rings. The Hall–Kier alpha value is -4.27. The molecule has 1 aliphatic carbocycles. The van der Waals surface area contributed by atoms with Crippen molar-refractivity contribution < 1.29 is 13.5 Å². The van der Waals surface area contributed by atoms with Crippen LogP contribution in [0, 0.1) is 13.1 Å². The first-order valence-electron chi connectivity index (χ1n) is 21.2. The zero-order valence-electron chi connectivity index (χ0n) is 35.9. The Morgan fingerprint density at radius 1 is 0.567 bits per heavy atom. The van der Waals surface area contributed by atoms with Crippen LogP contribution in [0.5, 0.6) is 0 Å². The number of fused-ring (bicyclic) bond motifs is 1. The van der Waals surface area contributed by atoms with Crippen LogP contribution < -0.4 is 9.80 Å². The van der Waals surface area contributed by atoms with E-state index in [1.807, 2.05) is 24.3 Å². The van der Waals surface area contributed by atoms with E-state index in [9.17, 15) is 0 Å². The second-order valence-corrected chi connectivity index (χ2v) is 22.9. The monoisotopic (exact) mass is 918 g/mol. The van der Waals surface area contributed by atoms with Crippen molar-refractivity contribution in [2.75, 3.05) is 16.3 Å². The van der Waals surface area contributed by atoms with E-state index < -0.39 is 13.5 Å². The van der Waals surface area contributed by atoms with Crippen LogP contribution in [0.3, 0.4) is 0 Å². The molecule has 0 N–H and O–H groups in total. The van der Waals surface area contributed by atoms with Gasteiger partial charge in [0.15, 0.2) is 0 Å². The average Bonchev–Trinajstić information content (AvgIpc) is 3.96. The number of halogens is 2. The molecule has 5 heteroatoms. The van der Waals surface area contributed by atoms with Gasteiger partial charge in [-0.15, -0.1) is 10.8 Å². The summed E-state index contributed by atoms with van der Waals surface area (Å²) in [5, 5.41) is 0. The molecular weight excluding hydrogens is 861 g/mol. The predicted octanol–water partition coefficient (Wildman–Crippen LogP) is 14.5. The quantitative estimate of drug-likeness (QED) is 0.116. The van der Waals surface area contributed by atoms with Crippen LogP contribution in [0.1, 0.15) is 93.3 Å². The van der Waals surface area contributed by atoms with E-state index in [-0.39, 0.29) is 16.4 Å². The summed E-state index contributed by atoms with van der Waals surface area (Å²) in [5.74, 6) is 0. The molecule has 0 aromatic heterocycles. The van der Waals surface area contributed by atoms with Gasteiger partial charge < -0.3 is 9.80 Å². The zero-order chi connectivity index (χ0) is 42.3. The van der Waals surface area contributed by atoms with E-state index in [0.29, 0.717) is 0 Å². The van der Waals surface area contributed by atoms with Gasteiger partial charge in [0.05, 0.1) is 0 Å². The second-order valence-electron chi connectivity index (χ2n) is 17.1. The molecule has 2 nitrogen and oxygen atoms in total. The summed E-state index contributed by atoms with van der Waals surface area (Å²) in [6, 6.07) is 57.8. The predicted molar refractivity (Wildman–Crippen MR) is 257 cm³/mol. The van der Waals surface area contributed by atoms with Gasteiger partial charge in [-0.25, -0.2) is 13.1 Å². The Morgan fingerprint density at radius 3 is 1.62 bits per heavy atom. The van der Waals surface area contributed by atoms with Crippen LogP contribution in [0.25, 0.3) is 5.57 Å². The van der Waals surface area contributed by atoms with Gasteiger partial charge in [-0.3, -0.25) is 0 Å². The average molecular weight is 919 g/mol. The summed E-state index contributed by atoms with van der Waals surface area (Å²) >= 11 is -1.88. The number of hydrogen-bond donors (Lipinski definition) is 0. The SMILES string of the molecule is CC1(c2ccccc2)[CH-]N(c2ccccc2)CC1.CCc1cccc(CC)c1N1[CH-]C(C)(c2ccccc2)CC1(C)C.[Cl][Ru]([Cl])=[C]1C=C(c2ccccc2)c2ccccc21. The first-order valence-corrected chi connectivity index (χ1v) is 26.6. The van der Waals surface area contributed by atoms with Gasteiger partial charge in [-0.05, 0) is 62.9 Å². The van der Waals surface area contributed by atoms with Gasteiger partial charge in [0.25, 0.3) is 0 Å². The molecule has 60 heavy (non-hydrogen) atoms. The van der Waals surface area contributed by atoms with Crippen molar-refractivity contribution in [1.29, 1.82) is 0 Å². The number of benzene rings is 6. The molecule has 0 radical (unpaired) electrons. The summed E-state index contributed by atoms with van der Waals surface area (Å²) in [4.78, 5) is 4.94.